The molecular formula is C15H31N3O. The number of amidine groups is 1. The fraction of sp³-hybridized carbons (Fsp3) is 0.933. The second kappa shape index (κ2) is 7.73. The Bertz CT molecular complexity index is 281. The topological polar surface area (TPSA) is 61.8 Å². The third-order valence-corrected chi connectivity index (χ3v) is 4.05. The summed E-state index contributed by atoms with van der Waals surface area (Å²) in [5.74, 6) is 2.62. The minimum Gasteiger partial charge on any atom is -0.409 e. The maximum atomic E-state index is 8.67. The Morgan fingerprint density at radius 1 is 1.26 bits per heavy atom. The van der Waals surface area contributed by atoms with Crippen LogP contribution in [0.15, 0.2) is 5.16 Å². The van der Waals surface area contributed by atoms with Gasteiger partial charge in [0.15, 0.2) is 0 Å². The van der Waals surface area contributed by atoms with E-state index >= 15 is 0 Å². The van der Waals surface area contributed by atoms with Crippen LogP contribution in [0.2, 0.25) is 0 Å². The molecule has 0 aromatic heterocycles. The lowest BCUT2D eigenvalue weighted by molar-refractivity contribution is 0.101. The van der Waals surface area contributed by atoms with Crippen molar-refractivity contribution < 1.29 is 5.21 Å². The highest BCUT2D eigenvalue weighted by Crippen LogP contribution is 2.31. The molecule has 0 radical (unpaired) electrons. The van der Waals surface area contributed by atoms with Crippen LogP contribution >= 0.6 is 0 Å². The van der Waals surface area contributed by atoms with Gasteiger partial charge in [-0.25, -0.2) is 0 Å². The third-order valence-electron chi connectivity index (χ3n) is 4.05. The van der Waals surface area contributed by atoms with Gasteiger partial charge in [-0.1, -0.05) is 32.9 Å². The van der Waals surface area contributed by atoms with Gasteiger partial charge < -0.3 is 10.9 Å². The van der Waals surface area contributed by atoms with Crippen molar-refractivity contribution in [2.24, 2.45) is 28.6 Å². The van der Waals surface area contributed by atoms with E-state index in [1.54, 1.807) is 0 Å². The Hall–Kier alpha value is -0.770. The van der Waals surface area contributed by atoms with Gasteiger partial charge in [-0.2, -0.15) is 0 Å². The molecule has 0 spiro atoms. The second-order valence-electron chi connectivity index (χ2n) is 6.80. The fourth-order valence-corrected chi connectivity index (χ4v) is 3.40. The van der Waals surface area contributed by atoms with E-state index in [0.717, 1.165) is 24.9 Å². The zero-order chi connectivity index (χ0) is 14.4. The molecule has 1 rings (SSSR count). The van der Waals surface area contributed by atoms with Crippen LogP contribution in [-0.4, -0.2) is 35.1 Å². The molecule has 4 nitrogen and oxygen atoms in total. The predicted molar refractivity (Wildman–Crippen MR) is 80.4 cm³/mol. The molecule has 4 heteroatoms. The van der Waals surface area contributed by atoms with Gasteiger partial charge in [0.1, 0.15) is 5.84 Å². The third kappa shape index (κ3) is 5.81. The number of oxime groups is 1. The van der Waals surface area contributed by atoms with Crippen LogP contribution in [0, 0.1) is 17.8 Å². The molecule has 19 heavy (non-hydrogen) atoms. The van der Waals surface area contributed by atoms with E-state index in [2.05, 4.69) is 37.8 Å². The SMILES string of the molecule is CC(C)CN(CCC(N)=NO)C1CC(C)CC(C)C1. The van der Waals surface area contributed by atoms with E-state index in [4.69, 9.17) is 10.9 Å². The first-order chi connectivity index (χ1) is 8.92. The lowest BCUT2D eigenvalue weighted by Gasteiger charge is -2.40. The van der Waals surface area contributed by atoms with Crippen molar-refractivity contribution in [3.8, 4) is 0 Å². The van der Waals surface area contributed by atoms with Crippen LogP contribution in [0.25, 0.3) is 0 Å². The van der Waals surface area contributed by atoms with Gasteiger partial charge in [0, 0.05) is 25.6 Å². The van der Waals surface area contributed by atoms with Gasteiger partial charge in [0.05, 0.1) is 0 Å². The highest BCUT2D eigenvalue weighted by molar-refractivity contribution is 5.79. The molecular weight excluding hydrogens is 238 g/mol. The molecule has 1 saturated carbocycles. The smallest absolute Gasteiger partial charge is 0.140 e. The van der Waals surface area contributed by atoms with E-state index in [1.807, 2.05) is 0 Å². The van der Waals surface area contributed by atoms with Crippen molar-refractivity contribution in [2.45, 2.75) is 59.4 Å². The van der Waals surface area contributed by atoms with Crippen LogP contribution in [0.5, 0.6) is 0 Å². The molecule has 0 amide bonds. The van der Waals surface area contributed by atoms with E-state index in [0.29, 0.717) is 24.2 Å². The zero-order valence-corrected chi connectivity index (χ0v) is 13.0. The van der Waals surface area contributed by atoms with Gasteiger partial charge in [-0.15, -0.1) is 0 Å². The molecule has 0 aromatic carbocycles. The summed E-state index contributed by atoms with van der Waals surface area (Å²) in [5.41, 5.74) is 5.61. The van der Waals surface area contributed by atoms with Crippen LogP contribution < -0.4 is 5.73 Å². The number of hydrogen-bond acceptors (Lipinski definition) is 3. The normalized spacial score (nSPS) is 29.2. The lowest BCUT2D eigenvalue weighted by Crippen LogP contribution is -2.43. The molecule has 1 fully saturated rings. The molecule has 3 N–H and O–H groups in total. The van der Waals surface area contributed by atoms with Crippen LogP contribution in [-0.2, 0) is 0 Å². The van der Waals surface area contributed by atoms with E-state index in [9.17, 15) is 0 Å². The molecule has 0 heterocycles. The summed E-state index contributed by atoms with van der Waals surface area (Å²) >= 11 is 0. The van der Waals surface area contributed by atoms with E-state index in [-0.39, 0.29) is 0 Å². The van der Waals surface area contributed by atoms with Gasteiger partial charge in [0.25, 0.3) is 0 Å². The molecule has 1 aliphatic carbocycles. The molecule has 0 aliphatic heterocycles. The second-order valence-corrected chi connectivity index (χ2v) is 6.80. The minimum absolute atomic E-state index is 0.339. The minimum atomic E-state index is 0.339. The molecule has 2 unspecified atom stereocenters. The van der Waals surface area contributed by atoms with E-state index < -0.39 is 0 Å². The predicted octanol–water partition coefficient (Wildman–Crippen LogP) is 2.91. The quantitative estimate of drug-likeness (QED) is 0.337. The fourth-order valence-electron chi connectivity index (χ4n) is 3.40. The zero-order valence-electron chi connectivity index (χ0n) is 13.0. The first kappa shape index (κ1) is 16.3. The maximum absolute atomic E-state index is 8.67. The number of nitrogens with two attached hydrogens (primary N) is 1. The summed E-state index contributed by atoms with van der Waals surface area (Å²) in [4.78, 5) is 2.55. The lowest BCUT2D eigenvalue weighted by atomic mass is 9.79. The molecule has 0 saturated heterocycles. The van der Waals surface area contributed by atoms with Gasteiger partial charge in [-0.05, 0) is 37.0 Å². The van der Waals surface area contributed by atoms with Crippen molar-refractivity contribution in [1.29, 1.82) is 0 Å². The van der Waals surface area contributed by atoms with Crippen molar-refractivity contribution in [3.63, 3.8) is 0 Å². The van der Waals surface area contributed by atoms with Crippen LogP contribution in [0.3, 0.4) is 0 Å². The molecule has 112 valence electrons. The van der Waals surface area contributed by atoms with Crippen molar-refractivity contribution >= 4 is 5.84 Å². The Balaban J connectivity index is 2.61. The first-order valence-electron chi connectivity index (χ1n) is 7.62. The Kier molecular flexibility index (Phi) is 6.63. The van der Waals surface area contributed by atoms with Gasteiger partial charge in [0.2, 0.25) is 0 Å². The monoisotopic (exact) mass is 269 g/mol. The highest BCUT2D eigenvalue weighted by atomic mass is 16.4. The average molecular weight is 269 g/mol. The standard InChI is InChI=1S/C15H31N3O/c1-11(2)10-18(6-5-15(16)17-19)14-8-12(3)7-13(4)9-14/h11-14,19H,5-10H2,1-4H3,(H2,16,17). The first-order valence-corrected chi connectivity index (χ1v) is 7.62. The Labute approximate surface area is 118 Å². The molecule has 2 atom stereocenters. The highest BCUT2D eigenvalue weighted by Gasteiger charge is 2.28. The van der Waals surface area contributed by atoms with Gasteiger partial charge in [-0.3, -0.25) is 4.90 Å². The van der Waals surface area contributed by atoms with Crippen LogP contribution in [0.4, 0.5) is 0 Å². The molecule has 0 aromatic rings. The Morgan fingerprint density at radius 2 is 1.84 bits per heavy atom. The van der Waals surface area contributed by atoms with Crippen LogP contribution in [0.1, 0.15) is 53.4 Å². The summed E-state index contributed by atoms with van der Waals surface area (Å²) < 4.78 is 0. The maximum Gasteiger partial charge on any atom is 0.140 e. The van der Waals surface area contributed by atoms with Gasteiger partial charge >= 0.3 is 0 Å². The molecule has 1 aliphatic rings. The van der Waals surface area contributed by atoms with Crippen molar-refractivity contribution in [1.82, 2.24) is 4.90 Å². The summed E-state index contributed by atoms with van der Waals surface area (Å²) in [6.45, 7) is 11.2. The largest absolute Gasteiger partial charge is 0.409 e. The van der Waals surface area contributed by atoms with Crippen molar-refractivity contribution in [2.75, 3.05) is 13.1 Å². The summed E-state index contributed by atoms with van der Waals surface area (Å²) in [7, 11) is 0. The van der Waals surface area contributed by atoms with Crippen molar-refractivity contribution in [3.05, 3.63) is 0 Å². The number of nitrogens with zero attached hydrogens (tertiary/aromatic N) is 2. The average Bonchev–Trinajstić information content (AvgIpc) is 2.32. The van der Waals surface area contributed by atoms with E-state index in [1.165, 1.54) is 19.3 Å². The summed E-state index contributed by atoms with van der Waals surface area (Å²) in [6, 6.07) is 0.660. The molecule has 0 bridgehead atoms. The number of rotatable bonds is 6. The summed E-state index contributed by atoms with van der Waals surface area (Å²) in [6.07, 6.45) is 4.58. The Morgan fingerprint density at radius 3 is 2.32 bits per heavy atom. The number of hydrogen-bond donors (Lipinski definition) is 2. The summed E-state index contributed by atoms with van der Waals surface area (Å²) in [5, 5.41) is 11.8.